The standard InChI is InChI=1S/C7H4FNO2S/c8-6-3-5(4-9)1-2-7(6)12(10)11/h1-3H,(H,10,11). The molecule has 62 valence electrons. The van der Waals surface area contributed by atoms with Crippen molar-refractivity contribution in [3.63, 3.8) is 0 Å². The van der Waals surface area contributed by atoms with Crippen LogP contribution in [-0.4, -0.2) is 8.76 Å². The fourth-order valence-electron chi connectivity index (χ4n) is 0.712. The molecule has 3 nitrogen and oxygen atoms in total. The van der Waals surface area contributed by atoms with Gasteiger partial charge >= 0.3 is 0 Å². The molecule has 1 N–H and O–H groups in total. The Labute approximate surface area is 70.7 Å². The zero-order valence-electron chi connectivity index (χ0n) is 5.82. The highest BCUT2D eigenvalue weighted by molar-refractivity contribution is 7.79. The minimum Gasteiger partial charge on any atom is -0.302 e. The molecule has 0 bridgehead atoms. The lowest BCUT2D eigenvalue weighted by Crippen LogP contribution is -1.93. The molecule has 0 fully saturated rings. The molecule has 0 radical (unpaired) electrons. The lowest BCUT2D eigenvalue weighted by molar-refractivity contribution is 0.544. The van der Waals surface area contributed by atoms with Crippen LogP contribution in [0.25, 0.3) is 0 Å². The normalized spacial score (nSPS) is 12.1. The van der Waals surface area contributed by atoms with E-state index in [9.17, 15) is 8.60 Å². The zero-order valence-corrected chi connectivity index (χ0v) is 6.64. The number of nitriles is 1. The van der Waals surface area contributed by atoms with E-state index in [0.717, 1.165) is 12.1 Å². The van der Waals surface area contributed by atoms with Crippen molar-refractivity contribution in [1.82, 2.24) is 0 Å². The van der Waals surface area contributed by atoms with Crippen molar-refractivity contribution in [3.8, 4) is 6.07 Å². The number of halogens is 1. The second kappa shape index (κ2) is 3.43. The van der Waals surface area contributed by atoms with Crippen LogP contribution in [0.1, 0.15) is 5.56 Å². The van der Waals surface area contributed by atoms with E-state index in [2.05, 4.69) is 0 Å². The van der Waals surface area contributed by atoms with E-state index >= 15 is 0 Å². The van der Waals surface area contributed by atoms with Crippen LogP contribution in [0.4, 0.5) is 4.39 Å². The lowest BCUT2D eigenvalue weighted by Gasteiger charge is -1.96. The maximum Gasteiger partial charge on any atom is 0.189 e. The third kappa shape index (κ3) is 1.67. The first-order valence-corrected chi connectivity index (χ1v) is 4.06. The molecule has 0 heterocycles. The molecule has 1 aromatic rings. The third-order valence-electron chi connectivity index (χ3n) is 1.25. The smallest absolute Gasteiger partial charge is 0.189 e. The van der Waals surface area contributed by atoms with E-state index in [4.69, 9.17) is 9.81 Å². The van der Waals surface area contributed by atoms with Crippen LogP contribution in [0.3, 0.4) is 0 Å². The molecule has 0 aliphatic rings. The minimum absolute atomic E-state index is 0.127. The average Bonchev–Trinajstić information content (AvgIpc) is 2.03. The van der Waals surface area contributed by atoms with Crippen molar-refractivity contribution >= 4 is 11.1 Å². The van der Waals surface area contributed by atoms with Gasteiger partial charge in [0.15, 0.2) is 11.1 Å². The fraction of sp³-hybridized carbons (Fsp3) is 0. The molecule has 1 unspecified atom stereocenters. The molecule has 5 heteroatoms. The van der Waals surface area contributed by atoms with Gasteiger partial charge in [0.2, 0.25) is 0 Å². The highest BCUT2D eigenvalue weighted by atomic mass is 32.2. The lowest BCUT2D eigenvalue weighted by atomic mass is 10.2. The van der Waals surface area contributed by atoms with Gasteiger partial charge in [-0.3, -0.25) is 0 Å². The first-order chi connectivity index (χ1) is 5.65. The average molecular weight is 185 g/mol. The highest BCUT2D eigenvalue weighted by Crippen LogP contribution is 2.12. The van der Waals surface area contributed by atoms with E-state index in [0.29, 0.717) is 0 Å². The Balaban J connectivity index is 3.23. The van der Waals surface area contributed by atoms with E-state index < -0.39 is 16.9 Å². The van der Waals surface area contributed by atoms with Crippen molar-refractivity contribution < 1.29 is 13.2 Å². The number of benzene rings is 1. The Morgan fingerprint density at radius 2 is 2.25 bits per heavy atom. The van der Waals surface area contributed by atoms with Crippen LogP contribution < -0.4 is 0 Å². The van der Waals surface area contributed by atoms with E-state index in [-0.39, 0.29) is 10.5 Å². The fourth-order valence-corrected chi connectivity index (χ4v) is 1.12. The van der Waals surface area contributed by atoms with Crippen LogP contribution in [0, 0.1) is 17.1 Å². The van der Waals surface area contributed by atoms with E-state index in [1.54, 1.807) is 6.07 Å². The van der Waals surface area contributed by atoms with Crippen molar-refractivity contribution in [2.45, 2.75) is 4.90 Å². The second-order valence-corrected chi connectivity index (χ2v) is 2.94. The van der Waals surface area contributed by atoms with Gasteiger partial charge in [-0.2, -0.15) is 5.26 Å². The van der Waals surface area contributed by atoms with Gasteiger partial charge in [-0.05, 0) is 18.2 Å². The molecule has 12 heavy (non-hydrogen) atoms. The molecule has 0 aromatic heterocycles. The number of nitrogens with zero attached hydrogens (tertiary/aromatic N) is 1. The predicted molar refractivity (Wildman–Crippen MR) is 40.2 cm³/mol. The molecule has 0 amide bonds. The van der Waals surface area contributed by atoms with Gasteiger partial charge in [0, 0.05) is 0 Å². The molecule has 0 saturated carbocycles. The maximum atomic E-state index is 12.8. The quantitative estimate of drug-likeness (QED) is 0.670. The Hall–Kier alpha value is -1.25. The van der Waals surface area contributed by atoms with Gasteiger partial charge < -0.3 is 4.55 Å². The molecule has 1 rings (SSSR count). The molecular weight excluding hydrogens is 181 g/mol. The molecule has 0 spiro atoms. The van der Waals surface area contributed by atoms with Gasteiger partial charge in [-0.25, -0.2) is 8.60 Å². The molecule has 1 atom stereocenters. The first-order valence-electron chi connectivity index (χ1n) is 2.95. The molecule has 1 aromatic carbocycles. The summed E-state index contributed by atoms with van der Waals surface area (Å²) in [5, 5.41) is 8.34. The van der Waals surface area contributed by atoms with Crippen LogP contribution in [0.2, 0.25) is 0 Å². The second-order valence-electron chi connectivity index (χ2n) is 2.01. The van der Waals surface area contributed by atoms with Gasteiger partial charge in [0.05, 0.1) is 11.6 Å². The Morgan fingerprint density at radius 3 is 2.67 bits per heavy atom. The highest BCUT2D eigenvalue weighted by Gasteiger charge is 2.07. The molecule has 0 aliphatic carbocycles. The molecule has 0 saturated heterocycles. The van der Waals surface area contributed by atoms with Gasteiger partial charge in [0.1, 0.15) is 10.7 Å². The van der Waals surface area contributed by atoms with E-state index in [1.807, 2.05) is 0 Å². The van der Waals surface area contributed by atoms with Gasteiger partial charge in [0.25, 0.3) is 0 Å². The predicted octanol–water partition coefficient (Wildman–Crippen LogP) is 1.28. The van der Waals surface area contributed by atoms with Crippen LogP contribution in [0.5, 0.6) is 0 Å². The summed E-state index contributed by atoms with van der Waals surface area (Å²) in [5.41, 5.74) is 0.127. The summed E-state index contributed by atoms with van der Waals surface area (Å²) in [6.07, 6.45) is 0. The van der Waals surface area contributed by atoms with Crippen LogP contribution in [-0.2, 0) is 11.1 Å². The Morgan fingerprint density at radius 1 is 1.58 bits per heavy atom. The summed E-state index contributed by atoms with van der Waals surface area (Å²) in [4.78, 5) is -0.311. The number of rotatable bonds is 1. The minimum atomic E-state index is -2.34. The van der Waals surface area contributed by atoms with Gasteiger partial charge in [-0.1, -0.05) is 0 Å². The van der Waals surface area contributed by atoms with Crippen molar-refractivity contribution in [2.24, 2.45) is 0 Å². The summed E-state index contributed by atoms with van der Waals surface area (Å²) >= 11 is -2.34. The summed E-state index contributed by atoms with van der Waals surface area (Å²) in [6.45, 7) is 0. The van der Waals surface area contributed by atoms with Crippen LogP contribution in [0.15, 0.2) is 23.1 Å². The molecular formula is C7H4FNO2S. The SMILES string of the molecule is N#Cc1ccc(S(=O)O)c(F)c1. The number of hydrogen-bond donors (Lipinski definition) is 1. The Kier molecular flexibility index (Phi) is 2.53. The van der Waals surface area contributed by atoms with Crippen molar-refractivity contribution in [1.29, 1.82) is 5.26 Å². The topological polar surface area (TPSA) is 61.1 Å². The summed E-state index contributed by atoms with van der Waals surface area (Å²) in [5.74, 6) is -0.838. The summed E-state index contributed by atoms with van der Waals surface area (Å²) in [7, 11) is 0. The van der Waals surface area contributed by atoms with Gasteiger partial charge in [-0.15, -0.1) is 0 Å². The Bertz CT molecular complexity index is 372. The van der Waals surface area contributed by atoms with E-state index in [1.165, 1.54) is 6.07 Å². The molecule has 0 aliphatic heterocycles. The monoisotopic (exact) mass is 185 g/mol. The van der Waals surface area contributed by atoms with Crippen molar-refractivity contribution in [3.05, 3.63) is 29.6 Å². The zero-order chi connectivity index (χ0) is 9.14. The summed E-state index contributed by atoms with van der Waals surface area (Å²) < 4.78 is 31.7. The maximum absolute atomic E-state index is 12.8. The third-order valence-corrected chi connectivity index (χ3v) is 1.96. The first kappa shape index (κ1) is 8.84. The summed E-state index contributed by atoms with van der Waals surface area (Å²) in [6, 6.07) is 5.03. The number of hydrogen-bond acceptors (Lipinski definition) is 2. The van der Waals surface area contributed by atoms with Crippen molar-refractivity contribution in [2.75, 3.05) is 0 Å². The largest absolute Gasteiger partial charge is 0.302 e. The van der Waals surface area contributed by atoms with Crippen LogP contribution >= 0.6 is 0 Å².